The van der Waals surface area contributed by atoms with Crippen LogP contribution in [-0.2, 0) is 0 Å². The third-order valence-corrected chi connectivity index (χ3v) is 3.28. The number of hydrogen-bond donors (Lipinski definition) is 0. The summed E-state index contributed by atoms with van der Waals surface area (Å²) in [5.74, 6) is -2.48. The molecule has 1 aromatic heterocycles. The van der Waals surface area contributed by atoms with Gasteiger partial charge in [-0.3, -0.25) is 4.79 Å². The first-order valence-corrected chi connectivity index (χ1v) is 6.24. The second-order valence-electron chi connectivity index (χ2n) is 4.63. The molecule has 3 nitrogen and oxygen atoms in total. The van der Waals surface area contributed by atoms with Gasteiger partial charge in [0.1, 0.15) is 11.6 Å². The van der Waals surface area contributed by atoms with E-state index in [-0.39, 0.29) is 11.1 Å². The van der Waals surface area contributed by atoms with Crippen LogP contribution in [0.4, 0.5) is 13.2 Å². The highest BCUT2D eigenvalue weighted by molar-refractivity contribution is 5.94. The maximum Gasteiger partial charge on any atom is 0.254 e. The van der Waals surface area contributed by atoms with Crippen LogP contribution in [0.3, 0.4) is 0 Å². The van der Waals surface area contributed by atoms with Crippen LogP contribution >= 0.6 is 0 Å². The van der Waals surface area contributed by atoms with Gasteiger partial charge in [0.05, 0.1) is 6.04 Å². The van der Waals surface area contributed by atoms with Gasteiger partial charge in [-0.05, 0) is 31.2 Å². The molecule has 0 aliphatic heterocycles. The lowest BCUT2D eigenvalue weighted by Gasteiger charge is -2.25. The minimum atomic E-state index is -0.779. The molecule has 1 unspecified atom stereocenters. The number of hydrogen-bond acceptors (Lipinski definition) is 2. The van der Waals surface area contributed by atoms with Crippen LogP contribution in [0.2, 0.25) is 0 Å². The molecule has 1 aromatic carbocycles. The Morgan fingerprint density at radius 3 is 2.57 bits per heavy atom. The summed E-state index contributed by atoms with van der Waals surface area (Å²) in [6.45, 7) is 1.56. The van der Waals surface area contributed by atoms with Crippen molar-refractivity contribution in [3.05, 3.63) is 65.2 Å². The Morgan fingerprint density at radius 1 is 1.19 bits per heavy atom. The summed E-state index contributed by atoms with van der Waals surface area (Å²) in [6.07, 6.45) is 1.17. The molecule has 6 heteroatoms. The van der Waals surface area contributed by atoms with E-state index >= 15 is 0 Å². The summed E-state index contributed by atoms with van der Waals surface area (Å²) in [6, 6.07) is 4.70. The first kappa shape index (κ1) is 15.0. The molecule has 2 aromatic rings. The molecule has 0 saturated heterocycles. The van der Waals surface area contributed by atoms with Gasteiger partial charge in [-0.2, -0.15) is 4.39 Å². The van der Waals surface area contributed by atoms with Crippen LogP contribution < -0.4 is 0 Å². The van der Waals surface area contributed by atoms with Crippen molar-refractivity contribution < 1.29 is 18.0 Å². The molecule has 0 radical (unpaired) electrons. The maximum atomic E-state index is 13.7. The average molecular weight is 294 g/mol. The normalized spacial score (nSPS) is 12.0. The molecule has 0 aliphatic rings. The summed E-state index contributed by atoms with van der Waals surface area (Å²) in [7, 11) is 1.44. The Balaban J connectivity index is 2.28. The fourth-order valence-electron chi connectivity index (χ4n) is 1.96. The number of rotatable bonds is 3. The second-order valence-corrected chi connectivity index (χ2v) is 4.63. The fraction of sp³-hybridized carbons (Fsp3) is 0.200. The van der Waals surface area contributed by atoms with E-state index < -0.39 is 29.5 Å². The number of carbonyl (C=O) groups is 1. The summed E-state index contributed by atoms with van der Waals surface area (Å²) in [4.78, 5) is 16.8. The quantitative estimate of drug-likeness (QED) is 0.814. The highest BCUT2D eigenvalue weighted by Crippen LogP contribution is 2.24. The summed E-state index contributed by atoms with van der Waals surface area (Å²) in [5.41, 5.74) is 0.147. The van der Waals surface area contributed by atoms with Crippen LogP contribution in [0.15, 0.2) is 36.5 Å². The van der Waals surface area contributed by atoms with E-state index in [1.807, 2.05) is 0 Å². The largest absolute Gasteiger partial charge is 0.335 e. The van der Waals surface area contributed by atoms with Crippen LogP contribution in [0.5, 0.6) is 0 Å². The van der Waals surface area contributed by atoms with E-state index in [4.69, 9.17) is 0 Å². The first-order valence-electron chi connectivity index (χ1n) is 6.24. The van der Waals surface area contributed by atoms with E-state index in [9.17, 15) is 18.0 Å². The van der Waals surface area contributed by atoms with Crippen LogP contribution in [0, 0.1) is 17.6 Å². The van der Waals surface area contributed by atoms with Crippen molar-refractivity contribution in [2.75, 3.05) is 7.05 Å². The Kier molecular flexibility index (Phi) is 4.26. The second kappa shape index (κ2) is 5.95. The van der Waals surface area contributed by atoms with E-state index in [1.165, 1.54) is 24.2 Å². The molecule has 1 heterocycles. The molecule has 0 fully saturated rings. The molecule has 0 aliphatic carbocycles. The molecule has 2 rings (SSSR count). The molecular weight excluding hydrogens is 281 g/mol. The third kappa shape index (κ3) is 3.21. The molecule has 0 bridgehead atoms. The van der Waals surface area contributed by atoms with Gasteiger partial charge >= 0.3 is 0 Å². The monoisotopic (exact) mass is 294 g/mol. The Morgan fingerprint density at radius 2 is 1.90 bits per heavy atom. The molecular formula is C15H13F3N2O. The summed E-state index contributed by atoms with van der Waals surface area (Å²) in [5, 5.41) is 0. The molecule has 110 valence electrons. The number of nitrogens with zero attached hydrogens (tertiary/aromatic N) is 2. The third-order valence-electron chi connectivity index (χ3n) is 3.28. The van der Waals surface area contributed by atoms with Crippen LogP contribution in [0.25, 0.3) is 0 Å². The van der Waals surface area contributed by atoms with E-state index in [0.717, 1.165) is 24.3 Å². The van der Waals surface area contributed by atoms with Crippen molar-refractivity contribution in [2.24, 2.45) is 0 Å². The lowest BCUT2D eigenvalue weighted by atomic mass is 10.1. The van der Waals surface area contributed by atoms with Crippen molar-refractivity contribution in [3.63, 3.8) is 0 Å². The highest BCUT2D eigenvalue weighted by Gasteiger charge is 2.22. The first-order chi connectivity index (χ1) is 9.90. The molecule has 0 N–H and O–H groups in total. The predicted molar refractivity (Wildman–Crippen MR) is 71.1 cm³/mol. The minimum absolute atomic E-state index is 0.0559. The zero-order valence-corrected chi connectivity index (χ0v) is 11.5. The number of carbonyl (C=O) groups excluding carboxylic acids is 1. The SMILES string of the molecule is CC(c1cc(F)ccc1F)N(C)C(=O)c1ccnc(F)c1. The Labute approximate surface area is 120 Å². The van der Waals surface area contributed by atoms with E-state index in [1.54, 1.807) is 6.92 Å². The van der Waals surface area contributed by atoms with Gasteiger partial charge in [0, 0.05) is 30.4 Å². The standard InChI is InChI=1S/C15H13F3N2O/c1-9(12-8-11(16)3-4-13(12)17)20(2)15(21)10-5-6-19-14(18)7-10/h3-9H,1-2H3. The predicted octanol–water partition coefficient (Wildman–Crippen LogP) is 3.33. The average Bonchev–Trinajstić information content (AvgIpc) is 2.47. The molecule has 1 amide bonds. The number of halogens is 3. The zero-order chi connectivity index (χ0) is 15.6. The van der Waals surface area contributed by atoms with E-state index in [2.05, 4.69) is 4.98 Å². The topological polar surface area (TPSA) is 33.2 Å². The molecule has 1 atom stereocenters. The molecule has 0 saturated carbocycles. The van der Waals surface area contributed by atoms with Gasteiger partial charge in [-0.1, -0.05) is 0 Å². The van der Waals surface area contributed by atoms with E-state index in [0.29, 0.717) is 0 Å². The van der Waals surface area contributed by atoms with Crippen molar-refractivity contribution in [2.45, 2.75) is 13.0 Å². The minimum Gasteiger partial charge on any atom is -0.335 e. The lowest BCUT2D eigenvalue weighted by Crippen LogP contribution is -2.30. The number of aromatic nitrogens is 1. The van der Waals surface area contributed by atoms with Gasteiger partial charge in [0.2, 0.25) is 5.95 Å². The Hall–Kier alpha value is -2.37. The smallest absolute Gasteiger partial charge is 0.254 e. The fourth-order valence-corrected chi connectivity index (χ4v) is 1.96. The Bertz CT molecular complexity index is 676. The van der Waals surface area contributed by atoms with Crippen molar-refractivity contribution in [3.8, 4) is 0 Å². The van der Waals surface area contributed by atoms with Gasteiger partial charge in [0.15, 0.2) is 0 Å². The van der Waals surface area contributed by atoms with Gasteiger partial charge in [0.25, 0.3) is 5.91 Å². The summed E-state index contributed by atoms with van der Waals surface area (Å²) >= 11 is 0. The summed E-state index contributed by atoms with van der Waals surface area (Å²) < 4.78 is 40.0. The maximum absolute atomic E-state index is 13.7. The van der Waals surface area contributed by atoms with Gasteiger partial charge < -0.3 is 4.90 Å². The number of benzene rings is 1. The highest BCUT2D eigenvalue weighted by atomic mass is 19.1. The van der Waals surface area contributed by atoms with Crippen molar-refractivity contribution in [1.29, 1.82) is 0 Å². The van der Waals surface area contributed by atoms with Crippen LogP contribution in [-0.4, -0.2) is 22.8 Å². The molecule has 0 spiro atoms. The lowest BCUT2D eigenvalue weighted by molar-refractivity contribution is 0.0739. The molecule has 21 heavy (non-hydrogen) atoms. The van der Waals surface area contributed by atoms with Crippen LogP contribution in [0.1, 0.15) is 28.9 Å². The number of pyridine rings is 1. The zero-order valence-electron chi connectivity index (χ0n) is 11.5. The number of amides is 1. The van der Waals surface area contributed by atoms with Crippen molar-refractivity contribution in [1.82, 2.24) is 9.88 Å². The van der Waals surface area contributed by atoms with Gasteiger partial charge in [-0.25, -0.2) is 13.8 Å². The van der Waals surface area contributed by atoms with Gasteiger partial charge in [-0.15, -0.1) is 0 Å². The van der Waals surface area contributed by atoms with Crippen molar-refractivity contribution >= 4 is 5.91 Å².